The van der Waals surface area contributed by atoms with Gasteiger partial charge in [0.1, 0.15) is 0 Å². The highest BCUT2D eigenvalue weighted by atomic mass is 16.4. The lowest BCUT2D eigenvalue weighted by Gasteiger charge is -2.23. The number of fused-ring (bicyclic) bond motifs is 1. The minimum atomic E-state index is -0.0549. The molecule has 1 amide bonds. The molecule has 8 nitrogen and oxygen atoms in total. The van der Waals surface area contributed by atoms with Gasteiger partial charge in [-0.1, -0.05) is 23.8 Å². The van der Waals surface area contributed by atoms with E-state index in [2.05, 4.69) is 20.4 Å². The van der Waals surface area contributed by atoms with Crippen molar-refractivity contribution in [2.75, 3.05) is 6.54 Å². The number of benzene rings is 1. The van der Waals surface area contributed by atoms with Crippen LogP contribution in [-0.4, -0.2) is 42.1 Å². The van der Waals surface area contributed by atoms with E-state index < -0.39 is 0 Å². The monoisotopic (exact) mass is 402 g/mol. The van der Waals surface area contributed by atoms with E-state index in [0.29, 0.717) is 24.6 Å². The number of nitrogens with zero attached hydrogens (tertiary/aromatic N) is 6. The average Bonchev–Trinajstić information content (AvgIpc) is 3.51. The summed E-state index contributed by atoms with van der Waals surface area (Å²) in [6.07, 6.45) is 4.52. The maximum atomic E-state index is 13.0. The molecular formula is C22H22N6O2. The summed E-state index contributed by atoms with van der Waals surface area (Å²) in [5.41, 5.74) is 2.84. The van der Waals surface area contributed by atoms with Crippen LogP contribution in [0.5, 0.6) is 0 Å². The van der Waals surface area contributed by atoms with Gasteiger partial charge in [0, 0.05) is 31.1 Å². The third kappa shape index (κ3) is 3.45. The van der Waals surface area contributed by atoms with Gasteiger partial charge in [-0.15, -0.1) is 20.4 Å². The molecular weight excluding hydrogens is 380 g/mol. The van der Waals surface area contributed by atoms with Crippen LogP contribution in [0.4, 0.5) is 0 Å². The molecule has 152 valence electrons. The summed E-state index contributed by atoms with van der Waals surface area (Å²) >= 11 is 0. The van der Waals surface area contributed by atoms with Crippen LogP contribution in [-0.2, 0) is 11.2 Å². The van der Waals surface area contributed by atoms with Crippen molar-refractivity contribution in [1.82, 2.24) is 29.7 Å². The van der Waals surface area contributed by atoms with Crippen LogP contribution < -0.4 is 0 Å². The van der Waals surface area contributed by atoms with Crippen LogP contribution in [0.25, 0.3) is 17.1 Å². The molecule has 1 aliphatic heterocycles. The van der Waals surface area contributed by atoms with Gasteiger partial charge < -0.3 is 9.32 Å². The lowest BCUT2D eigenvalue weighted by molar-refractivity contribution is -0.132. The molecule has 4 aromatic rings. The van der Waals surface area contributed by atoms with Gasteiger partial charge in [-0.2, -0.15) is 0 Å². The van der Waals surface area contributed by atoms with Gasteiger partial charge in [0.25, 0.3) is 0 Å². The highest BCUT2D eigenvalue weighted by molar-refractivity contribution is 5.77. The van der Waals surface area contributed by atoms with Crippen LogP contribution in [0, 0.1) is 6.92 Å². The maximum Gasteiger partial charge on any atom is 0.247 e. The van der Waals surface area contributed by atoms with Crippen LogP contribution in [0.15, 0.2) is 53.1 Å². The maximum absolute atomic E-state index is 13.0. The second-order valence-electron chi connectivity index (χ2n) is 7.60. The molecule has 1 saturated heterocycles. The quantitative estimate of drug-likeness (QED) is 0.508. The normalized spacial score (nSPS) is 16.4. The highest BCUT2D eigenvalue weighted by Gasteiger charge is 2.33. The van der Waals surface area contributed by atoms with E-state index in [1.807, 2.05) is 64.9 Å². The number of rotatable bonds is 5. The van der Waals surface area contributed by atoms with Crippen molar-refractivity contribution < 1.29 is 9.21 Å². The number of hydrogen-bond donors (Lipinski definition) is 0. The Bertz CT molecular complexity index is 1180. The van der Waals surface area contributed by atoms with E-state index in [1.54, 1.807) is 0 Å². The molecule has 1 aromatic carbocycles. The van der Waals surface area contributed by atoms with Crippen molar-refractivity contribution in [2.45, 2.75) is 38.6 Å². The molecule has 0 aliphatic carbocycles. The van der Waals surface area contributed by atoms with Crippen molar-refractivity contribution in [2.24, 2.45) is 0 Å². The van der Waals surface area contributed by atoms with Crippen molar-refractivity contribution in [1.29, 1.82) is 0 Å². The molecule has 8 heteroatoms. The van der Waals surface area contributed by atoms with Crippen LogP contribution >= 0.6 is 0 Å². The molecule has 4 heterocycles. The second-order valence-corrected chi connectivity index (χ2v) is 7.60. The first-order chi connectivity index (χ1) is 14.7. The molecule has 1 atom stereocenters. The number of pyridine rings is 1. The first-order valence-corrected chi connectivity index (χ1v) is 10.2. The molecule has 0 radical (unpaired) electrons. The Hall–Kier alpha value is -3.55. The van der Waals surface area contributed by atoms with Crippen LogP contribution in [0.1, 0.15) is 42.6 Å². The van der Waals surface area contributed by atoms with Crippen LogP contribution in [0.3, 0.4) is 0 Å². The van der Waals surface area contributed by atoms with Crippen molar-refractivity contribution >= 4 is 11.6 Å². The van der Waals surface area contributed by atoms with E-state index in [1.165, 1.54) is 5.56 Å². The molecule has 0 saturated carbocycles. The smallest absolute Gasteiger partial charge is 0.247 e. The first kappa shape index (κ1) is 18.5. The fourth-order valence-electron chi connectivity index (χ4n) is 3.95. The van der Waals surface area contributed by atoms with Crippen molar-refractivity contribution in [3.05, 3.63) is 65.9 Å². The summed E-state index contributed by atoms with van der Waals surface area (Å²) in [6.45, 7) is 2.76. The number of carbonyl (C=O) groups excluding carboxylic acids is 1. The summed E-state index contributed by atoms with van der Waals surface area (Å²) in [6, 6.07) is 13.7. The SMILES string of the molecule is Cc1ccc(-c2nnc(CCC(=O)N3CCC[C@@H]3c3nnc4ccccn34)o2)cc1. The highest BCUT2D eigenvalue weighted by Crippen LogP contribution is 2.31. The molecule has 3 aromatic heterocycles. The summed E-state index contributed by atoms with van der Waals surface area (Å²) < 4.78 is 7.72. The van der Waals surface area contributed by atoms with Crippen LogP contribution in [0.2, 0.25) is 0 Å². The zero-order valence-electron chi connectivity index (χ0n) is 16.7. The molecule has 1 aliphatic rings. The van der Waals surface area contributed by atoms with Gasteiger partial charge in [0.2, 0.25) is 17.7 Å². The zero-order chi connectivity index (χ0) is 20.5. The molecule has 5 rings (SSSR count). The Kier molecular flexibility index (Phi) is 4.74. The number of likely N-dealkylation sites (tertiary alicyclic amines) is 1. The predicted octanol–water partition coefficient (Wildman–Crippen LogP) is 3.38. The molecule has 0 unspecified atom stereocenters. The topological polar surface area (TPSA) is 89.4 Å². The van der Waals surface area contributed by atoms with E-state index in [-0.39, 0.29) is 11.9 Å². The molecule has 0 N–H and O–H groups in total. The fraction of sp³-hybridized carbons (Fsp3) is 0.318. The fourth-order valence-corrected chi connectivity index (χ4v) is 3.95. The number of aryl methyl sites for hydroxylation is 2. The number of carbonyl (C=O) groups is 1. The Balaban J connectivity index is 1.27. The number of hydrogen-bond acceptors (Lipinski definition) is 6. The Labute approximate surface area is 173 Å². The third-order valence-corrected chi connectivity index (χ3v) is 5.53. The second kappa shape index (κ2) is 7.70. The summed E-state index contributed by atoms with van der Waals surface area (Å²) in [5.74, 6) is 1.84. The molecule has 0 bridgehead atoms. The van der Waals surface area contributed by atoms with Gasteiger partial charge >= 0.3 is 0 Å². The lowest BCUT2D eigenvalue weighted by Crippen LogP contribution is -2.31. The average molecular weight is 402 g/mol. The van der Waals surface area contributed by atoms with E-state index >= 15 is 0 Å². The first-order valence-electron chi connectivity index (χ1n) is 10.2. The molecule has 1 fully saturated rings. The lowest BCUT2D eigenvalue weighted by atomic mass is 10.1. The molecule has 30 heavy (non-hydrogen) atoms. The van der Waals surface area contributed by atoms with Gasteiger partial charge in [-0.05, 0) is 44.0 Å². The minimum absolute atomic E-state index is 0.0549. The van der Waals surface area contributed by atoms with Crippen molar-refractivity contribution in [3.63, 3.8) is 0 Å². The van der Waals surface area contributed by atoms with Gasteiger partial charge in [-0.3, -0.25) is 9.20 Å². The van der Waals surface area contributed by atoms with Crippen molar-refractivity contribution in [3.8, 4) is 11.5 Å². The number of amides is 1. The van der Waals surface area contributed by atoms with Gasteiger partial charge in [0.05, 0.1) is 6.04 Å². The standard InChI is InChI=1S/C22H22N6O2/c1-15-7-9-16(10-8-15)22-26-24-19(30-22)11-12-20(29)27-14-4-5-17(27)21-25-23-18-6-2-3-13-28(18)21/h2-3,6-10,13,17H,4-5,11-12,14H2,1H3/t17-/m1/s1. The summed E-state index contributed by atoms with van der Waals surface area (Å²) in [7, 11) is 0. The molecule has 0 spiro atoms. The largest absolute Gasteiger partial charge is 0.421 e. The van der Waals surface area contributed by atoms with E-state index in [0.717, 1.165) is 36.4 Å². The van der Waals surface area contributed by atoms with E-state index in [9.17, 15) is 4.79 Å². The Morgan fingerprint density at radius 1 is 1.10 bits per heavy atom. The van der Waals surface area contributed by atoms with Gasteiger partial charge in [-0.25, -0.2) is 0 Å². The minimum Gasteiger partial charge on any atom is -0.421 e. The predicted molar refractivity (Wildman–Crippen MR) is 109 cm³/mol. The summed E-state index contributed by atoms with van der Waals surface area (Å²) in [4.78, 5) is 14.9. The van der Waals surface area contributed by atoms with E-state index in [4.69, 9.17) is 4.42 Å². The van der Waals surface area contributed by atoms with Gasteiger partial charge in [0.15, 0.2) is 11.5 Å². The zero-order valence-corrected chi connectivity index (χ0v) is 16.7. The Morgan fingerprint density at radius 3 is 2.83 bits per heavy atom. The number of aromatic nitrogens is 5. The third-order valence-electron chi connectivity index (χ3n) is 5.53. The summed E-state index contributed by atoms with van der Waals surface area (Å²) in [5, 5.41) is 16.8. The Morgan fingerprint density at radius 2 is 1.97 bits per heavy atom.